The number of amides is 1. The van der Waals surface area contributed by atoms with Gasteiger partial charge in [-0.3, -0.25) is 9.79 Å². The summed E-state index contributed by atoms with van der Waals surface area (Å²) in [6.07, 6.45) is 2.75. The number of carbonyl (C=O) groups is 1. The van der Waals surface area contributed by atoms with Gasteiger partial charge in [0.2, 0.25) is 5.91 Å². The third-order valence-corrected chi connectivity index (χ3v) is 5.65. The minimum atomic E-state index is 0.152. The van der Waals surface area contributed by atoms with Crippen LogP contribution in [-0.2, 0) is 4.79 Å². The molecule has 134 valence electrons. The minimum absolute atomic E-state index is 0.152. The van der Waals surface area contributed by atoms with Crippen LogP contribution in [0.15, 0.2) is 22.5 Å². The first-order valence-electron chi connectivity index (χ1n) is 8.91. The lowest BCUT2D eigenvalue weighted by atomic mass is 9.93. The van der Waals surface area contributed by atoms with Crippen LogP contribution >= 0.6 is 11.3 Å². The second kappa shape index (κ2) is 9.67. The Kier molecular flexibility index (Phi) is 7.56. The molecular weight excluding hydrogens is 320 g/mol. The lowest BCUT2D eigenvalue weighted by Gasteiger charge is -2.34. The van der Waals surface area contributed by atoms with Gasteiger partial charge in [-0.05, 0) is 37.1 Å². The van der Waals surface area contributed by atoms with E-state index in [1.165, 1.54) is 4.88 Å². The van der Waals surface area contributed by atoms with Crippen molar-refractivity contribution >= 4 is 23.2 Å². The lowest BCUT2D eigenvalue weighted by molar-refractivity contribution is -0.121. The van der Waals surface area contributed by atoms with Crippen molar-refractivity contribution in [3.05, 3.63) is 22.4 Å². The zero-order chi connectivity index (χ0) is 17.4. The highest BCUT2D eigenvalue weighted by molar-refractivity contribution is 7.10. The van der Waals surface area contributed by atoms with Crippen molar-refractivity contribution in [1.82, 2.24) is 15.5 Å². The van der Waals surface area contributed by atoms with Crippen molar-refractivity contribution in [2.75, 3.05) is 33.2 Å². The summed E-state index contributed by atoms with van der Waals surface area (Å²) in [5, 5.41) is 8.27. The predicted molar refractivity (Wildman–Crippen MR) is 102 cm³/mol. The average molecular weight is 351 g/mol. The van der Waals surface area contributed by atoms with Gasteiger partial charge in [0.05, 0.1) is 6.54 Å². The Morgan fingerprint density at radius 1 is 1.46 bits per heavy atom. The second-order valence-corrected chi connectivity index (χ2v) is 7.40. The summed E-state index contributed by atoms with van der Waals surface area (Å²) in [4.78, 5) is 20.1. The van der Waals surface area contributed by atoms with Crippen molar-refractivity contribution in [2.45, 2.75) is 39.0 Å². The van der Waals surface area contributed by atoms with Gasteiger partial charge in [-0.25, -0.2) is 0 Å². The van der Waals surface area contributed by atoms with Gasteiger partial charge in [0.15, 0.2) is 5.96 Å². The molecule has 1 aliphatic heterocycles. The van der Waals surface area contributed by atoms with Crippen molar-refractivity contribution in [2.24, 2.45) is 10.9 Å². The summed E-state index contributed by atoms with van der Waals surface area (Å²) < 4.78 is 0. The first-order valence-corrected chi connectivity index (χ1v) is 9.79. The Morgan fingerprint density at radius 3 is 2.79 bits per heavy atom. The number of nitrogens with zero attached hydrogens (tertiary/aromatic N) is 2. The molecule has 1 aliphatic rings. The number of piperidine rings is 1. The van der Waals surface area contributed by atoms with Crippen LogP contribution in [0.5, 0.6) is 0 Å². The van der Waals surface area contributed by atoms with Gasteiger partial charge in [0.1, 0.15) is 0 Å². The lowest BCUT2D eigenvalue weighted by Crippen LogP contribution is -2.46. The van der Waals surface area contributed by atoms with Crippen molar-refractivity contribution in [3.8, 4) is 0 Å². The van der Waals surface area contributed by atoms with E-state index in [1.807, 2.05) is 0 Å². The van der Waals surface area contributed by atoms with Gasteiger partial charge in [0.25, 0.3) is 0 Å². The highest BCUT2D eigenvalue weighted by atomic mass is 32.1. The number of likely N-dealkylation sites (tertiary alicyclic amines) is 1. The standard InChI is InChI=1S/C18H30N4OS/c1-4-20-18(21-13-14(2)16-6-5-11-24-16)22-9-7-15(8-10-22)12-17(23)19-3/h5-6,11,14-15H,4,7-10,12-13H2,1-3H3,(H,19,23)(H,20,21). The molecule has 0 spiro atoms. The van der Waals surface area contributed by atoms with E-state index in [0.29, 0.717) is 18.3 Å². The van der Waals surface area contributed by atoms with Gasteiger partial charge >= 0.3 is 0 Å². The summed E-state index contributed by atoms with van der Waals surface area (Å²) in [5.74, 6) is 2.11. The van der Waals surface area contributed by atoms with Crippen LogP contribution in [-0.4, -0.2) is 50.0 Å². The minimum Gasteiger partial charge on any atom is -0.359 e. The fraction of sp³-hybridized carbons (Fsp3) is 0.667. The molecule has 6 heteroatoms. The first-order chi connectivity index (χ1) is 11.6. The first kappa shape index (κ1) is 18.8. The number of guanidine groups is 1. The van der Waals surface area contributed by atoms with Crippen LogP contribution in [0, 0.1) is 5.92 Å². The highest BCUT2D eigenvalue weighted by Crippen LogP contribution is 2.22. The molecule has 0 aliphatic carbocycles. The van der Waals surface area contributed by atoms with E-state index >= 15 is 0 Å². The summed E-state index contributed by atoms with van der Waals surface area (Å²) in [5.41, 5.74) is 0. The van der Waals surface area contributed by atoms with E-state index in [1.54, 1.807) is 18.4 Å². The number of hydrogen-bond acceptors (Lipinski definition) is 3. The molecule has 1 saturated heterocycles. The number of nitrogens with one attached hydrogen (secondary N) is 2. The third kappa shape index (κ3) is 5.51. The van der Waals surface area contributed by atoms with Gasteiger partial charge in [-0.2, -0.15) is 0 Å². The normalized spacial score (nSPS) is 17.6. The molecule has 1 aromatic rings. The largest absolute Gasteiger partial charge is 0.359 e. The second-order valence-electron chi connectivity index (χ2n) is 6.42. The van der Waals surface area contributed by atoms with Gasteiger partial charge in [-0.15, -0.1) is 11.3 Å². The molecule has 1 unspecified atom stereocenters. The monoisotopic (exact) mass is 350 g/mol. The van der Waals surface area contributed by atoms with Gasteiger partial charge in [-0.1, -0.05) is 13.0 Å². The molecule has 1 amide bonds. The molecule has 0 saturated carbocycles. The summed E-state index contributed by atoms with van der Waals surface area (Å²) in [7, 11) is 1.71. The Morgan fingerprint density at radius 2 is 2.21 bits per heavy atom. The molecule has 24 heavy (non-hydrogen) atoms. The van der Waals surface area contributed by atoms with Crippen molar-refractivity contribution in [1.29, 1.82) is 0 Å². The number of rotatable bonds is 6. The number of carbonyl (C=O) groups excluding carboxylic acids is 1. The quantitative estimate of drug-likeness (QED) is 0.613. The summed E-state index contributed by atoms with van der Waals surface area (Å²) in [6.45, 7) is 7.97. The molecule has 1 fully saturated rings. The van der Waals surface area contributed by atoms with E-state index in [-0.39, 0.29) is 5.91 Å². The third-order valence-electron chi connectivity index (χ3n) is 4.55. The molecule has 2 rings (SSSR count). The average Bonchev–Trinajstić information content (AvgIpc) is 3.13. The molecule has 0 aromatic carbocycles. The van der Waals surface area contributed by atoms with Crippen LogP contribution in [0.4, 0.5) is 0 Å². The van der Waals surface area contributed by atoms with E-state index in [9.17, 15) is 4.79 Å². The van der Waals surface area contributed by atoms with Crippen LogP contribution in [0.3, 0.4) is 0 Å². The molecule has 0 radical (unpaired) electrons. The zero-order valence-electron chi connectivity index (χ0n) is 15.0. The number of thiophene rings is 1. The van der Waals surface area contributed by atoms with Crippen LogP contribution in [0.25, 0.3) is 0 Å². The molecule has 1 aromatic heterocycles. The SMILES string of the molecule is CCNC(=NCC(C)c1cccs1)N1CCC(CC(=O)NC)CC1. The zero-order valence-corrected chi connectivity index (χ0v) is 15.9. The Labute approximate surface area is 149 Å². The Hall–Kier alpha value is -1.56. The topological polar surface area (TPSA) is 56.7 Å². The molecule has 5 nitrogen and oxygen atoms in total. The molecule has 2 heterocycles. The van der Waals surface area contributed by atoms with E-state index in [0.717, 1.165) is 45.0 Å². The van der Waals surface area contributed by atoms with Crippen LogP contribution in [0.2, 0.25) is 0 Å². The maximum absolute atomic E-state index is 11.5. The Balaban J connectivity index is 1.88. The highest BCUT2D eigenvalue weighted by Gasteiger charge is 2.23. The number of aliphatic imine (C=N–C) groups is 1. The molecular formula is C18H30N4OS. The van der Waals surface area contributed by atoms with Gasteiger partial charge in [0, 0.05) is 43.9 Å². The van der Waals surface area contributed by atoms with Crippen molar-refractivity contribution in [3.63, 3.8) is 0 Å². The van der Waals surface area contributed by atoms with Gasteiger partial charge < -0.3 is 15.5 Å². The summed E-state index contributed by atoms with van der Waals surface area (Å²) in [6, 6.07) is 4.28. The summed E-state index contributed by atoms with van der Waals surface area (Å²) >= 11 is 1.80. The predicted octanol–water partition coefficient (Wildman–Crippen LogP) is 2.67. The fourth-order valence-electron chi connectivity index (χ4n) is 3.02. The maximum Gasteiger partial charge on any atom is 0.220 e. The molecule has 1 atom stereocenters. The van der Waals surface area contributed by atoms with Crippen LogP contribution < -0.4 is 10.6 Å². The maximum atomic E-state index is 11.5. The van der Waals surface area contributed by atoms with E-state index in [4.69, 9.17) is 4.99 Å². The van der Waals surface area contributed by atoms with E-state index in [2.05, 4.69) is 46.9 Å². The number of hydrogen-bond donors (Lipinski definition) is 2. The Bertz CT molecular complexity index is 521. The smallest absolute Gasteiger partial charge is 0.220 e. The van der Waals surface area contributed by atoms with Crippen molar-refractivity contribution < 1.29 is 4.79 Å². The molecule has 2 N–H and O–H groups in total. The molecule has 0 bridgehead atoms. The fourth-order valence-corrected chi connectivity index (χ4v) is 3.80. The van der Waals surface area contributed by atoms with Crippen LogP contribution in [0.1, 0.15) is 43.9 Å². The van der Waals surface area contributed by atoms with E-state index < -0.39 is 0 Å².